The van der Waals surface area contributed by atoms with Crippen LogP contribution in [0.2, 0.25) is 0 Å². The minimum atomic E-state index is 0.625. The molecule has 0 amide bonds. The van der Waals surface area contributed by atoms with Crippen molar-refractivity contribution in [3.8, 4) is 5.75 Å². The van der Waals surface area contributed by atoms with Crippen LogP contribution in [0.25, 0.3) is 0 Å². The van der Waals surface area contributed by atoms with Crippen molar-refractivity contribution in [1.82, 2.24) is 0 Å². The summed E-state index contributed by atoms with van der Waals surface area (Å²) >= 11 is 0. The molecule has 1 aliphatic rings. The van der Waals surface area contributed by atoms with E-state index in [-0.39, 0.29) is 0 Å². The van der Waals surface area contributed by atoms with Crippen LogP contribution in [0.15, 0.2) is 48.5 Å². The highest BCUT2D eigenvalue weighted by Gasteiger charge is 2.16. The van der Waals surface area contributed by atoms with Crippen molar-refractivity contribution >= 4 is 5.69 Å². The van der Waals surface area contributed by atoms with E-state index in [2.05, 4.69) is 48.2 Å². The summed E-state index contributed by atoms with van der Waals surface area (Å²) < 4.78 is 5.76. The van der Waals surface area contributed by atoms with Gasteiger partial charge in [-0.05, 0) is 30.7 Å². The normalized spacial score (nSPS) is 14.1. The van der Waals surface area contributed by atoms with Crippen molar-refractivity contribution in [2.24, 2.45) is 0 Å². The molecule has 0 aliphatic carbocycles. The molecule has 0 saturated carbocycles. The van der Waals surface area contributed by atoms with Gasteiger partial charge in [0.05, 0.1) is 0 Å². The van der Waals surface area contributed by atoms with E-state index in [0.29, 0.717) is 6.73 Å². The van der Waals surface area contributed by atoms with E-state index in [1.54, 1.807) is 0 Å². The quantitative estimate of drug-likeness (QED) is 0.738. The Morgan fingerprint density at radius 3 is 2.82 bits per heavy atom. The molecule has 2 nitrogen and oxygen atoms in total. The zero-order chi connectivity index (χ0) is 11.7. The summed E-state index contributed by atoms with van der Waals surface area (Å²) in [4.78, 5) is 2.25. The molecule has 86 valence electrons. The Kier molecular flexibility index (Phi) is 2.48. The second kappa shape index (κ2) is 4.13. The number of nitrogens with zero attached hydrogens (tertiary/aromatic N) is 1. The highest BCUT2D eigenvalue weighted by molar-refractivity contribution is 5.51. The van der Waals surface area contributed by atoms with Crippen molar-refractivity contribution < 1.29 is 4.74 Å². The predicted molar refractivity (Wildman–Crippen MR) is 69.3 cm³/mol. The van der Waals surface area contributed by atoms with E-state index >= 15 is 0 Å². The maximum Gasteiger partial charge on any atom is 0.161 e. The molecule has 2 aromatic carbocycles. The van der Waals surface area contributed by atoms with Gasteiger partial charge in [-0.15, -0.1) is 0 Å². The topological polar surface area (TPSA) is 12.5 Å². The molecule has 1 aliphatic heterocycles. The van der Waals surface area contributed by atoms with Crippen molar-refractivity contribution in [3.05, 3.63) is 59.7 Å². The van der Waals surface area contributed by atoms with Crippen molar-refractivity contribution in [2.45, 2.75) is 13.5 Å². The number of aryl methyl sites for hydroxylation is 1. The minimum absolute atomic E-state index is 0.625. The fraction of sp³-hybridized carbons (Fsp3) is 0.200. The molecule has 0 fully saturated rings. The lowest BCUT2D eigenvalue weighted by Gasteiger charge is -2.30. The summed E-state index contributed by atoms with van der Waals surface area (Å²) in [6.45, 7) is 3.66. The fourth-order valence-electron chi connectivity index (χ4n) is 2.16. The maximum absolute atomic E-state index is 5.76. The number of hydrogen-bond acceptors (Lipinski definition) is 2. The molecule has 0 unspecified atom stereocenters. The Morgan fingerprint density at radius 1 is 1.06 bits per heavy atom. The second-order valence-electron chi connectivity index (χ2n) is 4.42. The van der Waals surface area contributed by atoms with E-state index in [9.17, 15) is 0 Å². The molecule has 2 aromatic rings. The van der Waals surface area contributed by atoms with Gasteiger partial charge in [-0.1, -0.05) is 30.3 Å². The van der Waals surface area contributed by atoms with Crippen LogP contribution < -0.4 is 9.64 Å². The van der Waals surface area contributed by atoms with Gasteiger partial charge < -0.3 is 9.64 Å². The predicted octanol–water partition coefficient (Wildman–Crippen LogP) is 3.35. The third-order valence-electron chi connectivity index (χ3n) is 3.08. The summed E-state index contributed by atoms with van der Waals surface area (Å²) in [5, 5.41) is 0. The molecule has 3 rings (SSSR count). The zero-order valence-corrected chi connectivity index (χ0v) is 9.89. The average molecular weight is 225 g/mol. The lowest BCUT2D eigenvalue weighted by atomic mass is 10.1. The molecule has 0 atom stereocenters. The lowest BCUT2D eigenvalue weighted by molar-refractivity contribution is 0.289. The van der Waals surface area contributed by atoms with E-state index in [1.807, 2.05) is 12.1 Å². The highest BCUT2D eigenvalue weighted by Crippen LogP contribution is 2.28. The van der Waals surface area contributed by atoms with Gasteiger partial charge in [0, 0.05) is 17.8 Å². The molecule has 0 spiro atoms. The first-order valence-electron chi connectivity index (χ1n) is 5.85. The SMILES string of the molecule is Cc1cccc(N2COc3ccccc3C2)c1. The first kappa shape index (κ1) is 10.2. The van der Waals surface area contributed by atoms with Gasteiger partial charge in [-0.3, -0.25) is 0 Å². The zero-order valence-electron chi connectivity index (χ0n) is 9.89. The van der Waals surface area contributed by atoms with E-state index in [4.69, 9.17) is 4.74 Å². The van der Waals surface area contributed by atoms with Gasteiger partial charge in [0.1, 0.15) is 5.75 Å². The number of anilines is 1. The molecule has 1 heterocycles. The first-order valence-corrected chi connectivity index (χ1v) is 5.85. The Labute approximate surface area is 101 Å². The molecule has 0 aromatic heterocycles. The summed E-state index contributed by atoms with van der Waals surface area (Å²) in [7, 11) is 0. The van der Waals surface area contributed by atoms with Crippen LogP contribution in [0.1, 0.15) is 11.1 Å². The Bertz CT molecular complexity index is 536. The third kappa shape index (κ3) is 1.98. The van der Waals surface area contributed by atoms with Crippen molar-refractivity contribution in [3.63, 3.8) is 0 Å². The van der Waals surface area contributed by atoms with Crippen molar-refractivity contribution in [2.75, 3.05) is 11.6 Å². The average Bonchev–Trinajstić information content (AvgIpc) is 2.38. The standard InChI is InChI=1S/C15H15NO/c1-12-5-4-7-14(9-12)16-10-13-6-2-3-8-15(13)17-11-16/h2-9H,10-11H2,1H3. The van der Waals surface area contributed by atoms with E-state index < -0.39 is 0 Å². The summed E-state index contributed by atoms with van der Waals surface area (Å²) in [5.74, 6) is 1.01. The molecule has 2 heteroatoms. The number of hydrogen-bond donors (Lipinski definition) is 0. The number of ether oxygens (including phenoxy) is 1. The maximum atomic E-state index is 5.76. The van der Waals surface area contributed by atoms with Gasteiger partial charge in [0.2, 0.25) is 0 Å². The fourth-order valence-corrected chi connectivity index (χ4v) is 2.16. The monoisotopic (exact) mass is 225 g/mol. The number of fused-ring (bicyclic) bond motifs is 1. The van der Waals surface area contributed by atoms with Crippen LogP contribution in [0.5, 0.6) is 5.75 Å². The van der Waals surface area contributed by atoms with Crippen LogP contribution in [0.3, 0.4) is 0 Å². The first-order chi connectivity index (χ1) is 8.33. The van der Waals surface area contributed by atoms with Crippen LogP contribution in [0, 0.1) is 6.92 Å². The summed E-state index contributed by atoms with van der Waals surface area (Å²) in [6.07, 6.45) is 0. The summed E-state index contributed by atoms with van der Waals surface area (Å²) in [5.41, 5.74) is 3.75. The van der Waals surface area contributed by atoms with Crippen LogP contribution in [-0.2, 0) is 6.54 Å². The van der Waals surface area contributed by atoms with Crippen LogP contribution >= 0.6 is 0 Å². The number of rotatable bonds is 1. The van der Waals surface area contributed by atoms with Gasteiger partial charge in [0.25, 0.3) is 0 Å². The van der Waals surface area contributed by atoms with Crippen LogP contribution in [0.4, 0.5) is 5.69 Å². The second-order valence-corrected chi connectivity index (χ2v) is 4.42. The summed E-state index contributed by atoms with van der Waals surface area (Å²) in [6, 6.07) is 16.7. The molecule has 0 bridgehead atoms. The van der Waals surface area contributed by atoms with E-state index in [1.165, 1.54) is 16.8 Å². The Hall–Kier alpha value is -1.96. The van der Waals surface area contributed by atoms with Crippen molar-refractivity contribution in [1.29, 1.82) is 0 Å². The Balaban J connectivity index is 1.89. The molecule has 0 radical (unpaired) electrons. The Morgan fingerprint density at radius 2 is 1.94 bits per heavy atom. The molecule has 0 N–H and O–H groups in total. The minimum Gasteiger partial charge on any atom is -0.473 e. The van der Waals surface area contributed by atoms with Gasteiger partial charge in [0.15, 0.2) is 6.73 Å². The largest absolute Gasteiger partial charge is 0.473 e. The molecular formula is C15H15NO. The number of para-hydroxylation sites is 1. The molecular weight excluding hydrogens is 210 g/mol. The lowest BCUT2D eigenvalue weighted by Crippen LogP contribution is -2.31. The van der Waals surface area contributed by atoms with E-state index in [0.717, 1.165) is 12.3 Å². The highest BCUT2D eigenvalue weighted by atomic mass is 16.5. The third-order valence-corrected chi connectivity index (χ3v) is 3.08. The molecule has 17 heavy (non-hydrogen) atoms. The van der Waals surface area contributed by atoms with Gasteiger partial charge >= 0.3 is 0 Å². The van der Waals surface area contributed by atoms with Gasteiger partial charge in [-0.2, -0.15) is 0 Å². The smallest absolute Gasteiger partial charge is 0.161 e. The molecule has 0 saturated heterocycles. The van der Waals surface area contributed by atoms with Crippen LogP contribution in [-0.4, -0.2) is 6.73 Å². The van der Waals surface area contributed by atoms with Gasteiger partial charge in [-0.25, -0.2) is 0 Å². The number of benzene rings is 2.